The molecule has 1 heterocycles. The van der Waals surface area contributed by atoms with Crippen LogP contribution in [0.15, 0.2) is 21.5 Å². The van der Waals surface area contributed by atoms with Gasteiger partial charge >= 0.3 is 5.97 Å². The molecule has 22 heavy (non-hydrogen) atoms. The van der Waals surface area contributed by atoms with Crippen molar-refractivity contribution in [3.63, 3.8) is 0 Å². The van der Waals surface area contributed by atoms with E-state index < -0.39 is 23.7 Å². The van der Waals surface area contributed by atoms with E-state index in [1.165, 1.54) is 19.3 Å². The molecule has 0 spiro atoms. The second-order valence-corrected chi connectivity index (χ2v) is 6.06. The van der Waals surface area contributed by atoms with Gasteiger partial charge in [-0.3, -0.25) is 19.3 Å². The van der Waals surface area contributed by atoms with E-state index in [0.717, 1.165) is 0 Å². The molecule has 0 aliphatic carbocycles. The van der Waals surface area contributed by atoms with Gasteiger partial charge in [0.15, 0.2) is 11.5 Å². The van der Waals surface area contributed by atoms with Gasteiger partial charge in [0.05, 0.1) is 16.5 Å². The van der Waals surface area contributed by atoms with Gasteiger partial charge in [-0.15, -0.1) is 0 Å². The summed E-state index contributed by atoms with van der Waals surface area (Å²) in [7, 11) is 1.38. The van der Waals surface area contributed by atoms with Crippen LogP contribution in [0.4, 0.5) is 4.79 Å². The molecule has 1 aliphatic rings. The van der Waals surface area contributed by atoms with Gasteiger partial charge in [-0.05, 0) is 51.5 Å². The first-order valence-corrected chi connectivity index (χ1v) is 7.48. The van der Waals surface area contributed by atoms with Crippen molar-refractivity contribution < 1.29 is 29.3 Å². The van der Waals surface area contributed by atoms with Gasteiger partial charge in [-0.1, -0.05) is 0 Å². The van der Waals surface area contributed by atoms with E-state index in [1.54, 1.807) is 6.07 Å². The summed E-state index contributed by atoms with van der Waals surface area (Å²) in [6, 6.07) is 3.04. The summed E-state index contributed by atoms with van der Waals surface area (Å²) >= 11 is 3.81. The Bertz CT molecular complexity index is 702. The maximum absolute atomic E-state index is 12.0. The van der Waals surface area contributed by atoms with Gasteiger partial charge in [0.2, 0.25) is 0 Å². The Morgan fingerprint density at radius 1 is 1.45 bits per heavy atom. The number of aromatic hydroxyl groups is 1. The first kappa shape index (κ1) is 16.4. The lowest BCUT2D eigenvalue weighted by molar-refractivity contribution is -0.140. The first-order chi connectivity index (χ1) is 10.3. The molecule has 0 saturated carbocycles. The molecular formula is C13H10BrNO6S. The van der Waals surface area contributed by atoms with Gasteiger partial charge in [0, 0.05) is 0 Å². The first-order valence-electron chi connectivity index (χ1n) is 5.87. The van der Waals surface area contributed by atoms with Crippen molar-refractivity contribution in [2.75, 3.05) is 13.7 Å². The number of imide groups is 1. The Morgan fingerprint density at radius 2 is 2.14 bits per heavy atom. The summed E-state index contributed by atoms with van der Waals surface area (Å²) in [5.41, 5.74) is 0.516. The number of aliphatic carboxylic acids is 1. The molecule has 7 nitrogen and oxygen atoms in total. The molecule has 0 radical (unpaired) electrons. The third-order valence-corrected chi connectivity index (χ3v) is 4.25. The van der Waals surface area contributed by atoms with Gasteiger partial charge < -0.3 is 14.9 Å². The number of amides is 2. The summed E-state index contributed by atoms with van der Waals surface area (Å²) in [6.07, 6.45) is 1.43. The van der Waals surface area contributed by atoms with Crippen molar-refractivity contribution in [2.24, 2.45) is 0 Å². The Kier molecular flexibility index (Phi) is 4.77. The fraction of sp³-hybridized carbons (Fsp3) is 0.154. The molecule has 116 valence electrons. The van der Waals surface area contributed by atoms with Crippen LogP contribution < -0.4 is 4.74 Å². The number of phenols is 1. The van der Waals surface area contributed by atoms with E-state index in [1.807, 2.05) is 0 Å². The number of halogens is 1. The summed E-state index contributed by atoms with van der Waals surface area (Å²) < 4.78 is 5.36. The van der Waals surface area contributed by atoms with E-state index >= 15 is 0 Å². The minimum Gasteiger partial charge on any atom is -0.503 e. The maximum atomic E-state index is 12.0. The average Bonchev–Trinajstić information content (AvgIpc) is 2.70. The number of ether oxygens (including phenoxy) is 1. The van der Waals surface area contributed by atoms with Crippen LogP contribution in [0.3, 0.4) is 0 Å². The Morgan fingerprint density at radius 3 is 2.73 bits per heavy atom. The average molecular weight is 388 g/mol. The fourth-order valence-corrected chi connectivity index (χ4v) is 3.05. The molecule has 2 rings (SSSR count). The third kappa shape index (κ3) is 3.25. The molecule has 1 aromatic rings. The summed E-state index contributed by atoms with van der Waals surface area (Å²) in [4.78, 5) is 35.1. The maximum Gasteiger partial charge on any atom is 0.323 e. The molecule has 1 fully saturated rings. The Hall–Kier alpha value is -2.00. The van der Waals surface area contributed by atoms with Crippen LogP contribution in [0.5, 0.6) is 11.5 Å². The molecule has 0 bridgehead atoms. The number of carboxylic acids is 1. The number of thioether (sulfide) groups is 1. The Labute approximate surface area is 137 Å². The minimum absolute atomic E-state index is 0.0846. The van der Waals surface area contributed by atoms with Crippen molar-refractivity contribution in [3.05, 3.63) is 27.1 Å². The number of nitrogens with zero attached hydrogens (tertiary/aromatic N) is 1. The van der Waals surface area contributed by atoms with Crippen LogP contribution in [-0.4, -0.2) is 45.9 Å². The van der Waals surface area contributed by atoms with Crippen molar-refractivity contribution in [2.45, 2.75) is 0 Å². The number of methoxy groups -OCH3 is 1. The zero-order valence-corrected chi connectivity index (χ0v) is 13.6. The zero-order valence-electron chi connectivity index (χ0n) is 11.2. The predicted molar refractivity (Wildman–Crippen MR) is 82.7 cm³/mol. The molecular weight excluding hydrogens is 378 g/mol. The molecule has 0 unspecified atom stereocenters. The lowest BCUT2D eigenvalue weighted by Gasteiger charge is -2.08. The molecule has 0 aromatic heterocycles. The quantitative estimate of drug-likeness (QED) is 0.763. The topological polar surface area (TPSA) is 104 Å². The molecule has 2 amide bonds. The number of hydrogen-bond acceptors (Lipinski definition) is 6. The second-order valence-electron chi connectivity index (χ2n) is 4.22. The highest BCUT2D eigenvalue weighted by atomic mass is 79.9. The number of benzene rings is 1. The number of carbonyl (C=O) groups is 3. The van der Waals surface area contributed by atoms with Crippen molar-refractivity contribution in [1.82, 2.24) is 4.90 Å². The number of phenolic OH excluding ortho intramolecular Hbond substituents is 1. The van der Waals surface area contributed by atoms with Gasteiger partial charge in [0.1, 0.15) is 6.54 Å². The van der Waals surface area contributed by atoms with E-state index in [4.69, 9.17) is 9.84 Å². The van der Waals surface area contributed by atoms with Crippen molar-refractivity contribution in [3.8, 4) is 11.5 Å². The number of rotatable bonds is 4. The second kappa shape index (κ2) is 6.41. The number of carboxylic acid groups (broad SMARTS) is 1. The van der Waals surface area contributed by atoms with E-state index in [9.17, 15) is 19.5 Å². The molecule has 1 aromatic carbocycles. The van der Waals surface area contributed by atoms with Crippen molar-refractivity contribution in [1.29, 1.82) is 0 Å². The highest BCUT2D eigenvalue weighted by molar-refractivity contribution is 9.10. The minimum atomic E-state index is -1.27. The monoisotopic (exact) mass is 387 g/mol. The molecule has 2 N–H and O–H groups in total. The van der Waals surface area contributed by atoms with Crippen LogP contribution in [0.25, 0.3) is 6.08 Å². The van der Waals surface area contributed by atoms with Crippen LogP contribution in [0.2, 0.25) is 0 Å². The largest absolute Gasteiger partial charge is 0.503 e. The lowest BCUT2D eigenvalue weighted by Crippen LogP contribution is -2.33. The van der Waals surface area contributed by atoms with Gasteiger partial charge in [0.25, 0.3) is 11.1 Å². The van der Waals surface area contributed by atoms with Crippen LogP contribution >= 0.6 is 27.7 Å². The fourth-order valence-electron chi connectivity index (χ4n) is 1.76. The SMILES string of the molecule is COc1cc(C=C2SC(=O)N(CC(=O)O)C2=O)cc(Br)c1O. The standard InChI is InChI=1S/C13H10BrNO6S/c1-21-8-3-6(2-7(14)11(8)18)4-9-12(19)15(5-10(16)17)13(20)22-9/h2-4,18H,5H2,1H3,(H,16,17). The van der Waals surface area contributed by atoms with E-state index in [2.05, 4.69) is 15.9 Å². The van der Waals surface area contributed by atoms with Gasteiger partial charge in [-0.25, -0.2) is 0 Å². The zero-order chi connectivity index (χ0) is 16.4. The third-order valence-electron chi connectivity index (χ3n) is 2.74. The number of carbonyl (C=O) groups excluding carboxylic acids is 2. The number of hydrogen-bond donors (Lipinski definition) is 2. The van der Waals surface area contributed by atoms with Gasteiger partial charge in [-0.2, -0.15) is 0 Å². The normalized spacial score (nSPS) is 16.5. The van der Waals surface area contributed by atoms with Crippen LogP contribution in [0, 0.1) is 0 Å². The lowest BCUT2D eigenvalue weighted by atomic mass is 10.2. The molecule has 1 saturated heterocycles. The van der Waals surface area contributed by atoms with Crippen LogP contribution in [-0.2, 0) is 9.59 Å². The molecule has 0 atom stereocenters. The highest BCUT2D eigenvalue weighted by Gasteiger charge is 2.36. The summed E-state index contributed by atoms with van der Waals surface area (Å²) in [5.74, 6) is -1.82. The summed E-state index contributed by atoms with van der Waals surface area (Å²) in [5, 5.41) is 17.8. The molecule has 9 heteroatoms. The highest BCUT2D eigenvalue weighted by Crippen LogP contribution is 2.38. The van der Waals surface area contributed by atoms with Crippen LogP contribution in [0.1, 0.15) is 5.56 Å². The van der Waals surface area contributed by atoms with Crippen molar-refractivity contribution >= 4 is 50.9 Å². The smallest absolute Gasteiger partial charge is 0.323 e. The molecule has 1 aliphatic heterocycles. The van der Waals surface area contributed by atoms with E-state index in [0.29, 0.717) is 26.7 Å². The predicted octanol–water partition coefficient (Wildman–Crippen LogP) is 2.28. The van der Waals surface area contributed by atoms with E-state index in [-0.39, 0.29) is 16.4 Å². The Balaban J connectivity index is 2.34. The summed E-state index contributed by atoms with van der Waals surface area (Å²) in [6.45, 7) is -0.676.